The van der Waals surface area contributed by atoms with Gasteiger partial charge in [-0.15, -0.1) is 0 Å². The van der Waals surface area contributed by atoms with Gasteiger partial charge in [-0.05, 0) is 49.7 Å². The van der Waals surface area contributed by atoms with Crippen molar-refractivity contribution in [3.05, 3.63) is 53.6 Å². The van der Waals surface area contributed by atoms with Crippen LogP contribution in [0, 0.1) is 13.8 Å². The monoisotopic (exact) mass is 370 g/mol. The summed E-state index contributed by atoms with van der Waals surface area (Å²) in [7, 11) is 1.68. The summed E-state index contributed by atoms with van der Waals surface area (Å²) >= 11 is 0. The predicted molar refractivity (Wildman–Crippen MR) is 109 cm³/mol. The van der Waals surface area contributed by atoms with Crippen LogP contribution in [0.2, 0.25) is 0 Å². The Morgan fingerprint density at radius 1 is 1.00 bits per heavy atom. The molecule has 0 aliphatic carbocycles. The van der Waals surface area contributed by atoms with Crippen LogP contribution in [0.5, 0.6) is 11.5 Å². The average molecular weight is 370 g/mol. The highest BCUT2D eigenvalue weighted by atomic mass is 16.5. The van der Waals surface area contributed by atoms with Gasteiger partial charge in [0.25, 0.3) is 0 Å². The molecule has 5 heteroatoms. The molecule has 0 aromatic heterocycles. The van der Waals surface area contributed by atoms with Crippen LogP contribution in [0.25, 0.3) is 0 Å². The van der Waals surface area contributed by atoms with Crippen molar-refractivity contribution >= 4 is 5.69 Å². The molecule has 146 valence electrons. The van der Waals surface area contributed by atoms with Gasteiger partial charge in [0.1, 0.15) is 24.2 Å². The maximum absolute atomic E-state index is 10.4. The van der Waals surface area contributed by atoms with Crippen LogP contribution in [0.4, 0.5) is 5.69 Å². The van der Waals surface area contributed by atoms with Gasteiger partial charge in [0.2, 0.25) is 0 Å². The van der Waals surface area contributed by atoms with E-state index in [2.05, 4.69) is 34.9 Å². The minimum atomic E-state index is -0.488. The smallest absolute Gasteiger partial charge is 0.122 e. The number of nitrogens with zero attached hydrogens (tertiary/aromatic N) is 2. The minimum Gasteiger partial charge on any atom is -0.497 e. The van der Waals surface area contributed by atoms with Gasteiger partial charge >= 0.3 is 0 Å². The Labute approximate surface area is 162 Å². The van der Waals surface area contributed by atoms with Crippen molar-refractivity contribution in [2.24, 2.45) is 0 Å². The summed E-state index contributed by atoms with van der Waals surface area (Å²) in [6, 6.07) is 14.3. The lowest BCUT2D eigenvalue weighted by Crippen LogP contribution is -2.49. The number of ether oxygens (including phenoxy) is 2. The highest BCUT2D eigenvalue weighted by Crippen LogP contribution is 2.21. The van der Waals surface area contributed by atoms with E-state index in [1.54, 1.807) is 7.11 Å². The first-order chi connectivity index (χ1) is 13.0. The Morgan fingerprint density at radius 2 is 1.70 bits per heavy atom. The molecule has 1 N–H and O–H groups in total. The Balaban J connectivity index is 1.42. The van der Waals surface area contributed by atoms with Gasteiger partial charge in [0.15, 0.2) is 0 Å². The van der Waals surface area contributed by atoms with E-state index in [-0.39, 0.29) is 0 Å². The molecule has 2 aromatic rings. The van der Waals surface area contributed by atoms with E-state index in [4.69, 9.17) is 9.47 Å². The number of hydrogen-bond acceptors (Lipinski definition) is 5. The number of aliphatic hydroxyl groups is 1. The quantitative estimate of drug-likeness (QED) is 0.812. The summed E-state index contributed by atoms with van der Waals surface area (Å²) in [6.45, 7) is 8.85. The molecule has 3 rings (SSSR count). The number of piperazine rings is 1. The van der Waals surface area contributed by atoms with Crippen LogP contribution in [0.3, 0.4) is 0 Å². The Hall–Kier alpha value is -2.24. The summed E-state index contributed by atoms with van der Waals surface area (Å²) < 4.78 is 11.0. The van der Waals surface area contributed by atoms with Crippen LogP contribution in [0.15, 0.2) is 42.5 Å². The number of aliphatic hydroxyl groups excluding tert-OH is 1. The van der Waals surface area contributed by atoms with Crippen molar-refractivity contribution in [2.45, 2.75) is 20.0 Å². The van der Waals surface area contributed by atoms with Crippen molar-refractivity contribution in [3.63, 3.8) is 0 Å². The van der Waals surface area contributed by atoms with Crippen molar-refractivity contribution in [1.82, 2.24) is 4.90 Å². The van der Waals surface area contributed by atoms with E-state index in [0.29, 0.717) is 13.2 Å². The summed E-state index contributed by atoms with van der Waals surface area (Å²) in [6.07, 6.45) is -0.488. The van der Waals surface area contributed by atoms with Crippen molar-refractivity contribution in [1.29, 1.82) is 0 Å². The third-order valence-corrected chi connectivity index (χ3v) is 5.04. The molecule has 0 saturated carbocycles. The average Bonchev–Trinajstić information content (AvgIpc) is 2.68. The molecule has 0 spiro atoms. The number of methoxy groups -OCH3 is 1. The number of rotatable bonds is 7. The van der Waals surface area contributed by atoms with Crippen LogP contribution < -0.4 is 14.4 Å². The molecule has 0 radical (unpaired) electrons. The van der Waals surface area contributed by atoms with Crippen molar-refractivity contribution in [3.8, 4) is 11.5 Å². The van der Waals surface area contributed by atoms with Gasteiger partial charge in [0, 0.05) is 38.4 Å². The van der Waals surface area contributed by atoms with E-state index < -0.39 is 6.10 Å². The zero-order chi connectivity index (χ0) is 19.2. The van der Waals surface area contributed by atoms with Gasteiger partial charge in [-0.25, -0.2) is 0 Å². The maximum Gasteiger partial charge on any atom is 0.122 e. The predicted octanol–water partition coefficient (Wildman–Crippen LogP) is 2.87. The summed E-state index contributed by atoms with van der Waals surface area (Å²) in [4.78, 5) is 4.67. The zero-order valence-corrected chi connectivity index (χ0v) is 16.5. The third-order valence-electron chi connectivity index (χ3n) is 5.04. The normalized spacial score (nSPS) is 16.2. The molecular formula is C22H30N2O3. The van der Waals surface area contributed by atoms with E-state index in [0.717, 1.165) is 43.2 Å². The first-order valence-corrected chi connectivity index (χ1v) is 9.54. The standard InChI is InChI=1S/C22H30N2O3/c1-17-4-9-22(18(2)14-17)27-16-20(25)15-23-10-12-24(13-11-23)19-5-7-21(26-3)8-6-19/h4-9,14,20,25H,10-13,15-16H2,1-3H3/t20-/m1/s1. The van der Waals surface area contributed by atoms with Crippen molar-refractivity contribution < 1.29 is 14.6 Å². The second-order valence-electron chi connectivity index (χ2n) is 7.22. The Bertz CT molecular complexity index is 725. The number of β-amino-alcohol motifs (C(OH)–C–C–N with tert-alkyl or cyclic N) is 1. The van der Waals surface area contributed by atoms with Gasteiger partial charge < -0.3 is 19.5 Å². The van der Waals surface area contributed by atoms with Gasteiger partial charge in [-0.1, -0.05) is 17.7 Å². The summed E-state index contributed by atoms with van der Waals surface area (Å²) in [5.74, 6) is 1.73. The molecule has 0 unspecified atom stereocenters. The van der Waals surface area contributed by atoms with Crippen LogP contribution >= 0.6 is 0 Å². The fourth-order valence-corrected chi connectivity index (χ4v) is 3.48. The fraction of sp³-hybridized carbons (Fsp3) is 0.455. The van der Waals surface area contributed by atoms with Gasteiger partial charge in [0.05, 0.1) is 7.11 Å². The molecule has 1 aliphatic heterocycles. The molecule has 1 saturated heterocycles. The number of anilines is 1. The largest absolute Gasteiger partial charge is 0.497 e. The number of aryl methyl sites for hydroxylation is 2. The van der Waals surface area contributed by atoms with Crippen LogP contribution in [0.1, 0.15) is 11.1 Å². The lowest BCUT2D eigenvalue weighted by Gasteiger charge is -2.36. The highest BCUT2D eigenvalue weighted by Gasteiger charge is 2.20. The second kappa shape index (κ2) is 9.11. The highest BCUT2D eigenvalue weighted by molar-refractivity contribution is 5.49. The fourth-order valence-electron chi connectivity index (χ4n) is 3.48. The van der Waals surface area contributed by atoms with E-state index in [9.17, 15) is 5.11 Å². The Morgan fingerprint density at radius 3 is 2.33 bits per heavy atom. The van der Waals surface area contributed by atoms with E-state index in [1.807, 2.05) is 31.2 Å². The Kier molecular flexibility index (Phi) is 6.58. The molecular weight excluding hydrogens is 340 g/mol. The molecule has 5 nitrogen and oxygen atoms in total. The first kappa shape index (κ1) is 19.5. The molecule has 1 fully saturated rings. The lowest BCUT2D eigenvalue weighted by molar-refractivity contribution is 0.0661. The topological polar surface area (TPSA) is 45.2 Å². The molecule has 27 heavy (non-hydrogen) atoms. The molecule has 0 bridgehead atoms. The van der Waals surface area contributed by atoms with Gasteiger partial charge in [-0.3, -0.25) is 4.90 Å². The molecule has 1 atom stereocenters. The van der Waals surface area contributed by atoms with Gasteiger partial charge in [-0.2, -0.15) is 0 Å². The molecule has 1 heterocycles. The summed E-state index contributed by atoms with van der Waals surface area (Å²) in [5, 5.41) is 10.4. The molecule has 0 amide bonds. The van der Waals surface area contributed by atoms with E-state index in [1.165, 1.54) is 11.3 Å². The lowest BCUT2D eigenvalue weighted by atomic mass is 10.1. The summed E-state index contributed by atoms with van der Waals surface area (Å²) in [5.41, 5.74) is 3.54. The molecule has 1 aliphatic rings. The first-order valence-electron chi connectivity index (χ1n) is 9.54. The van der Waals surface area contributed by atoms with Crippen molar-refractivity contribution in [2.75, 3.05) is 51.3 Å². The second-order valence-corrected chi connectivity index (χ2v) is 7.22. The number of hydrogen-bond donors (Lipinski definition) is 1. The SMILES string of the molecule is COc1ccc(N2CCN(C[C@@H](O)COc3ccc(C)cc3C)CC2)cc1. The number of benzene rings is 2. The minimum absolute atomic E-state index is 0.322. The van der Waals surface area contributed by atoms with Crippen LogP contribution in [-0.2, 0) is 0 Å². The third kappa shape index (κ3) is 5.37. The van der Waals surface area contributed by atoms with E-state index >= 15 is 0 Å². The molecule has 2 aromatic carbocycles. The maximum atomic E-state index is 10.4. The van der Waals surface area contributed by atoms with Crippen LogP contribution in [-0.4, -0.2) is 62.6 Å². The zero-order valence-electron chi connectivity index (χ0n) is 16.5.